The highest BCUT2D eigenvalue weighted by Crippen LogP contribution is 2.23. The number of carbonyl (C=O) groups excluding carboxylic acids is 1. The number of ether oxygens (including phenoxy) is 1. The fourth-order valence-electron chi connectivity index (χ4n) is 1.70. The Balaban J connectivity index is 2.32. The van der Waals surface area contributed by atoms with Crippen LogP contribution < -0.4 is 5.32 Å². The maximum Gasteiger partial charge on any atom is 0.407 e. The third kappa shape index (κ3) is 1.45. The predicted molar refractivity (Wildman–Crippen MR) is 53.1 cm³/mol. The second kappa shape index (κ2) is 3.33. The highest BCUT2D eigenvalue weighted by atomic mass is 16.6. The molecule has 1 fully saturated rings. The normalized spacial score (nSPS) is 20.4. The molecular weight excluding hydrogens is 178 g/mol. The average molecular weight is 191 g/mol. The van der Waals surface area contributed by atoms with Gasteiger partial charge in [0.1, 0.15) is 6.61 Å². The summed E-state index contributed by atoms with van der Waals surface area (Å²) in [7, 11) is 0. The minimum absolute atomic E-state index is 0.0161. The lowest BCUT2D eigenvalue weighted by molar-refractivity contribution is 0.177. The van der Waals surface area contributed by atoms with E-state index in [0.717, 1.165) is 5.56 Å². The zero-order valence-corrected chi connectivity index (χ0v) is 8.33. The molecule has 0 radical (unpaired) electrons. The zero-order valence-electron chi connectivity index (χ0n) is 8.33. The number of nitrogens with one attached hydrogen (secondary N) is 1. The Hall–Kier alpha value is -1.51. The Labute approximate surface area is 83.1 Å². The van der Waals surface area contributed by atoms with Gasteiger partial charge < -0.3 is 10.1 Å². The van der Waals surface area contributed by atoms with Gasteiger partial charge in [0.15, 0.2) is 0 Å². The van der Waals surface area contributed by atoms with Gasteiger partial charge in [0.25, 0.3) is 0 Å². The third-order valence-electron chi connectivity index (χ3n) is 2.70. The number of alkyl carbamates (subject to hydrolysis) is 1. The minimum Gasteiger partial charge on any atom is -0.447 e. The number of hydrogen-bond acceptors (Lipinski definition) is 2. The Morgan fingerprint density at radius 2 is 2.21 bits per heavy atom. The van der Waals surface area contributed by atoms with Gasteiger partial charge in [0, 0.05) is 0 Å². The van der Waals surface area contributed by atoms with Gasteiger partial charge in [-0.25, -0.2) is 4.79 Å². The topological polar surface area (TPSA) is 38.3 Å². The van der Waals surface area contributed by atoms with E-state index in [2.05, 4.69) is 25.2 Å². The van der Waals surface area contributed by atoms with E-state index in [-0.39, 0.29) is 12.1 Å². The Bertz CT molecular complexity index is 374. The second-order valence-corrected chi connectivity index (χ2v) is 3.58. The van der Waals surface area contributed by atoms with Crippen LogP contribution >= 0.6 is 0 Å². The van der Waals surface area contributed by atoms with E-state index in [1.807, 2.05) is 12.1 Å². The number of amides is 1. The number of carbonyl (C=O) groups is 1. The fourth-order valence-corrected chi connectivity index (χ4v) is 1.70. The summed E-state index contributed by atoms with van der Waals surface area (Å²) in [5.41, 5.74) is 3.61. The van der Waals surface area contributed by atoms with Gasteiger partial charge in [-0.2, -0.15) is 0 Å². The summed E-state index contributed by atoms with van der Waals surface area (Å²) in [4.78, 5) is 10.9. The van der Waals surface area contributed by atoms with Crippen LogP contribution in [-0.2, 0) is 4.74 Å². The molecular formula is C11H13NO2. The van der Waals surface area contributed by atoms with E-state index in [1.165, 1.54) is 11.1 Å². The molecule has 0 bridgehead atoms. The summed E-state index contributed by atoms with van der Waals surface area (Å²) in [6, 6.07) is 6.11. The molecule has 1 N–H and O–H groups in total. The summed E-state index contributed by atoms with van der Waals surface area (Å²) in [6.45, 7) is 4.56. The molecule has 1 atom stereocenters. The first kappa shape index (κ1) is 9.06. The van der Waals surface area contributed by atoms with Crippen LogP contribution in [0.25, 0.3) is 0 Å². The molecule has 3 heteroatoms. The first-order valence-corrected chi connectivity index (χ1v) is 4.68. The molecule has 1 amide bonds. The van der Waals surface area contributed by atoms with Crippen molar-refractivity contribution in [3.63, 3.8) is 0 Å². The summed E-state index contributed by atoms with van der Waals surface area (Å²) < 4.78 is 4.86. The van der Waals surface area contributed by atoms with Crippen molar-refractivity contribution >= 4 is 6.09 Å². The molecule has 1 unspecified atom stereocenters. The molecule has 0 aliphatic carbocycles. The van der Waals surface area contributed by atoms with Gasteiger partial charge in [-0.05, 0) is 30.5 Å². The molecule has 1 heterocycles. The minimum atomic E-state index is -0.323. The number of hydrogen-bond donors (Lipinski definition) is 1. The molecule has 1 aromatic carbocycles. The number of cyclic esters (lactones) is 1. The van der Waals surface area contributed by atoms with Crippen molar-refractivity contribution in [3.05, 3.63) is 34.9 Å². The van der Waals surface area contributed by atoms with Crippen molar-refractivity contribution in [2.45, 2.75) is 19.9 Å². The maximum absolute atomic E-state index is 10.9. The summed E-state index contributed by atoms with van der Waals surface area (Å²) in [5.74, 6) is 0. The van der Waals surface area contributed by atoms with E-state index < -0.39 is 0 Å². The number of rotatable bonds is 1. The van der Waals surface area contributed by atoms with E-state index in [1.54, 1.807) is 0 Å². The smallest absolute Gasteiger partial charge is 0.407 e. The van der Waals surface area contributed by atoms with Gasteiger partial charge in [0.05, 0.1) is 6.04 Å². The molecule has 1 aliphatic rings. The second-order valence-electron chi connectivity index (χ2n) is 3.58. The van der Waals surface area contributed by atoms with Crippen LogP contribution in [0, 0.1) is 13.8 Å². The monoisotopic (exact) mass is 191 g/mol. The summed E-state index contributed by atoms with van der Waals surface area (Å²) in [5, 5.41) is 2.78. The zero-order chi connectivity index (χ0) is 10.1. The molecule has 1 aliphatic heterocycles. The molecule has 0 spiro atoms. The summed E-state index contributed by atoms with van der Waals surface area (Å²) in [6.07, 6.45) is -0.323. The molecule has 1 aromatic rings. The van der Waals surface area contributed by atoms with Crippen LogP contribution in [0.15, 0.2) is 18.2 Å². The van der Waals surface area contributed by atoms with Crippen molar-refractivity contribution in [3.8, 4) is 0 Å². The number of benzene rings is 1. The summed E-state index contributed by atoms with van der Waals surface area (Å²) >= 11 is 0. The van der Waals surface area contributed by atoms with Crippen molar-refractivity contribution in [2.24, 2.45) is 0 Å². The largest absolute Gasteiger partial charge is 0.447 e. The first-order valence-electron chi connectivity index (χ1n) is 4.68. The van der Waals surface area contributed by atoms with Crippen LogP contribution in [0.2, 0.25) is 0 Å². The van der Waals surface area contributed by atoms with Gasteiger partial charge in [-0.3, -0.25) is 0 Å². The van der Waals surface area contributed by atoms with E-state index in [4.69, 9.17) is 4.74 Å². The van der Waals surface area contributed by atoms with Gasteiger partial charge in [0.2, 0.25) is 0 Å². The lowest BCUT2D eigenvalue weighted by Gasteiger charge is -2.12. The highest BCUT2D eigenvalue weighted by Gasteiger charge is 2.24. The van der Waals surface area contributed by atoms with Crippen LogP contribution in [0.1, 0.15) is 22.7 Å². The maximum atomic E-state index is 10.9. The predicted octanol–water partition coefficient (Wildman–Crippen LogP) is 2.08. The SMILES string of the molecule is Cc1cccc(C2COC(=O)N2)c1C. The van der Waals surface area contributed by atoms with Crippen molar-refractivity contribution in [1.29, 1.82) is 0 Å². The Morgan fingerprint density at radius 1 is 1.43 bits per heavy atom. The standard InChI is InChI=1S/C11H13NO2/c1-7-4-3-5-9(8(7)2)10-6-14-11(13)12-10/h3-5,10H,6H2,1-2H3,(H,12,13). The molecule has 1 saturated heterocycles. The Morgan fingerprint density at radius 3 is 2.86 bits per heavy atom. The van der Waals surface area contributed by atoms with Crippen molar-refractivity contribution in [2.75, 3.05) is 6.61 Å². The third-order valence-corrected chi connectivity index (χ3v) is 2.70. The molecule has 14 heavy (non-hydrogen) atoms. The van der Waals surface area contributed by atoms with Crippen molar-refractivity contribution in [1.82, 2.24) is 5.32 Å². The van der Waals surface area contributed by atoms with E-state index >= 15 is 0 Å². The van der Waals surface area contributed by atoms with E-state index in [9.17, 15) is 4.79 Å². The molecule has 74 valence electrons. The fraction of sp³-hybridized carbons (Fsp3) is 0.364. The van der Waals surface area contributed by atoms with Gasteiger partial charge in [-0.1, -0.05) is 18.2 Å². The Kier molecular flexibility index (Phi) is 2.15. The highest BCUT2D eigenvalue weighted by molar-refractivity contribution is 5.70. The lowest BCUT2D eigenvalue weighted by atomic mass is 9.98. The molecule has 3 nitrogen and oxygen atoms in total. The first-order chi connectivity index (χ1) is 6.68. The van der Waals surface area contributed by atoms with Crippen LogP contribution in [-0.4, -0.2) is 12.7 Å². The van der Waals surface area contributed by atoms with Gasteiger partial charge in [-0.15, -0.1) is 0 Å². The molecule has 0 saturated carbocycles. The average Bonchev–Trinajstić information content (AvgIpc) is 2.57. The van der Waals surface area contributed by atoms with Crippen LogP contribution in [0.4, 0.5) is 4.79 Å². The van der Waals surface area contributed by atoms with Crippen LogP contribution in [0.5, 0.6) is 0 Å². The quantitative estimate of drug-likeness (QED) is 0.738. The number of aryl methyl sites for hydroxylation is 1. The van der Waals surface area contributed by atoms with Gasteiger partial charge >= 0.3 is 6.09 Å². The van der Waals surface area contributed by atoms with Crippen LogP contribution in [0.3, 0.4) is 0 Å². The van der Waals surface area contributed by atoms with E-state index in [0.29, 0.717) is 6.61 Å². The molecule has 2 rings (SSSR count). The molecule has 0 aromatic heterocycles. The van der Waals surface area contributed by atoms with Crippen molar-refractivity contribution < 1.29 is 9.53 Å². The lowest BCUT2D eigenvalue weighted by Crippen LogP contribution is -2.19.